The van der Waals surface area contributed by atoms with Gasteiger partial charge in [0.2, 0.25) is 0 Å². The van der Waals surface area contributed by atoms with Crippen LogP contribution in [0.3, 0.4) is 0 Å². The SMILES string of the molecule is Cc1ccc(C)c(C(C)(N)CC(C)C)c1. The topological polar surface area (TPSA) is 26.0 Å². The van der Waals surface area contributed by atoms with Gasteiger partial charge >= 0.3 is 0 Å². The highest BCUT2D eigenvalue weighted by Crippen LogP contribution is 2.28. The highest BCUT2D eigenvalue weighted by atomic mass is 14.7. The molecule has 0 radical (unpaired) electrons. The molecule has 15 heavy (non-hydrogen) atoms. The Morgan fingerprint density at radius 3 is 2.40 bits per heavy atom. The van der Waals surface area contributed by atoms with Gasteiger partial charge in [0.05, 0.1) is 0 Å². The minimum atomic E-state index is -0.204. The van der Waals surface area contributed by atoms with Crippen molar-refractivity contribution in [2.24, 2.45) is 11.7 Å². The first-order chi connectivity index (χ1) is 6.83. The molecule has 1 heteroatoms. The molecule has 1 atom stereocenters. The van der Waals surface area contributed by atoms with Gasteiger partial charge in [0.15, 0.2) is 0 Å². The molecule has 1 aromatic rings. The highest BCUT2D eigenvalue weighted by Gasteiger charge is 2.24. The third-order valence-electron chi connectivity index (χ3n) is 2.84. The average Bonchev–Trinajstić information content (AvgIpc) is 2.06. The van der Waals surface area contributed by atoms with Gasteiger partial charge < -0.3 is 5.73 Å². The monoisotopic (exact) mass is 205 g/mol. The van der Waals surface area contributed by atoms with Crippen molar-refractivity contribution < 1.29 is 0 Å². The molecule has 84 valence electrons. The second-order valence-corrected chi connectivity index (χ2v) is 5.33. The van der Waals surface area contributed by atoms with Crippen molar-refractivity contribution in [2.45, 2.75) is 46.6 Å². The molecule has 0 amide bonds. The summed E-state index contributed by atoms with van der Waals surface area (Å²) >= 11 is 0. The molecule has 1 rings (SSSR count). The standard InChI is InChI=1S/C14H23N/c1-10(2)9-14(5,15)13-8-11(3)6-7-12(13)4/h6-8,10H,9,15H2,1-5H3. The Morgan fingerprint density at radius 1 is 1.27 bits per heavy atom. The van der Waals surface area contributed by atoms with Crippen LogP contribution in [0.25, 0.3) is 0 Å². The van der Waals surface area contributed by atoms with Gasteiger partial charge in [-0.25, -0.2) is 0 Å². The summed E-state index contributed by atoms with van der Waals surface area (Å²) in [5, 5.41) is 0. The Balaban J connectivity index is 3.08. The average molecular weight is 205 g/mol. The fraction of sp³-hybridized carbons (Fsp3) is 0.571. The van der Waals surface area contributed by atoms with Crippen molar-refractivity contribution in [1.82, 2.24) is 0 Å². The Bertz CT molecular complexity index is 337. The van der Waals surface area contributed by atoms with Crippen LogP contribution in [-0.4, -0.2) is 0 Å². The van der Waals surface area contributed by atoms with Crippen molar-refractivity contribution in [3.8, 4) is 0 Å². The lowest BCUT2D eigenvalue weighted by molar-refractivity contribution is 0.379. The zero-order valence-electron chi connectivity index (χ0n) is 10.6. The summed E-state index contributed by atoms with van der Waals surface area (Å²) in [6.07, 6.45) is 1.03. The smallest absolute Gasteiger partial charge is 0.0386 e. The van der Waals surface area contributed by atoms with Gasteiger partial charge in [0.25, 0.3) is 0 Å². The minimum absolute atomic E-state index is 0.204. The van der Waals surface area contributed by atoms with E-state index in [1.807, 2.05) is 0 Å². The number of hydrogen-bond donors (Lipinski definition) is 1. The van der Waals surface area contributed by atoms with Crippen molar-refractivity contribution in [3.05, 3.63) is 34.9 Å². The zero-order valence-corrected chi connectivity index (χ0v) is 10.6. The second-order valence-electron chi connectivity index (χ2n) is 5.33. The van der Waals surface area contributed by atoms with Crippen LogP contribution in [0.2, 0.25) is 0 Å². The summed E-state index contributed by atoms with van der Waals surface area (Å²) in [5.74, 6) is 0.625. The maximum absolute atomic E-state index is 6.41. The Hall–Kier alpha value is -0.820. The van der Waals surface area contributed by atoms with E-state index in [1.165, 1.54) is 16.7 Å². The molecule has 0 fully saturated rings. The van der Waals surface area contributed by atoms with Gasteiger partial charge in [-0.1, -0.05) is 37.6 Å². The van der Waals surface area contributed by atoms with Gasteiger partial charge in [-0.3, -0.25) is 0 Å². The van der Waals surface area contributed by atoms with Crippen LogP contribution < -0.4 is 5.73 Å². The van der Waals surface area contributed by atoms with Crippen LogP contribution >= 0.6 is 0 Å². The Morgan fingerprint density at radius 2 is 1.87 bits per heavy atom. The molecule has 0 saturated heterocycles. The molecule has 0 aliphatic rings. The number of nitrogens with two attached hydrogens (primary N) is 1. The first-order valence-corrected chi connectivity index (χ1v) is 5.69. The van der Waals surface area contributed by atoms with Crippen molar-refractivity contribution in [1.29, 1.82) is 0 Å². The van der Waals surface area contributed by atoms with E-state index in [4.69, 9.17) is 5.73 Å². The van der Waals surface area contributed by atoms with E-state index in [0.29, 0.717) is 5.92 Å². The van der Waals surface area contributed by atoms with E-state index < -0.39 is 0 Å². The number of hydrogen-bond acceptors (Lipinski definition) is 1. The molecule has 0 aromatic heterocycles. The highest BCUT2D eigenvalue weighted by molar-refractivity contribution is 5.35. The van der Waals surface area contributed by atoms with E-state index in [9.17, 15) is 0 Å². The maximum Gasteiger partial charge on any atom is 0.0386 e. The summed E-state index contributed by atoms with van der Waals surface area (Å²) < 4.78 is 0. The largest absolute Gasteiger partial charge is 0.322 e. The summed E-state index contributed by atoms with van der Waals surface area (Å²) in [6, 6.07) is 6.53. The van der Waals surface area contributed by atoms with Gasteiger partial charge in [0.1, 0.15) is 0 Å². The Labute approximate surface area is 93.7 Å². The van der Waals surface area contributed by atoms with Crippen molar-refractivity contribution in [2.75, 3.05) is 0 Å². The molecule has 1 unspecified atom stereocenters. The molecular weight excluding hydrogens is 182 g/mol. The molecule has 1 aromatic carbocycles. The summed E-state index contributed by atoms with van der Waals surface area (Å²) in [4.78, 5) is 0. The fourth-order valence-corrected chi connectivity index (χ4v) is 2.31. The number of aryl methyl sites for hydroxylation is 2. The molecule has 0 aliphatic heterocycles. The molecule has 0 heterocycles. The van der Waals surface area contributed by atoms with E-state index in [-0.39, 0.29) is 5.54 Å². The van der Waals surface area contributed by atoms with Crippen LogP contribution in [0.4, 0.5) is 0 Å². The summed E-state index contributed by atoms with van der Waals surface area (Å²) in [5.41, 5.74) is 10.1. The lowest BCUT2D eigenvalue weighted by Gasteiger charge is -2.29. The molecule has 2 N–H and O–H groups in total. The third kappa shape index (κ3) is 3.07. The molecule has 1 nitrogen and oxygen atoms in total. The van der Waals surface area contributed by atoms with Gasteiger partial charge in [-0.2, -0.15) is 0 Å². The first kappa shape index (κ1) is 12.3. The van der Waals surface area contributed by atoms with Crippen molar-refractivity contribution >= 4 is 0 Å². The number of benzene rings is 1. The van der Waals surface area contributed by atoms with Gasteiger partial charge in [-0.05, 0) is 44.2 Å². The van der Waals surface area contributed by atoms with Crippen molar-refractivity contribution in [3.63, 3.8) is 0 Å². The number of rotatable bonds is 3. The third-order valence-corrected chi connectivity index (χ3v) is 2.84. The van der Waals surface area contributed by atoms with Crippen LogP contribution in [0.15, 0.2) is 18.2 Å². The van der Waals surface area contributed by atoms with Gasteiger partial charge in [-0.15, -0.1) is 0 Å². The van der Waals surface area contributed by atoms with Crippen LogP contribution in [0.5, 0.6) is 0 Å². The minimum Gasteiger partial charge on any atom is -0.322 e. The second kappa shape index (κ2) is 4.36. The lowest BCUT2D eigenvalue weighted by Crippen LogP contribution is -2.35. The van der Waals surface area contributed by atoms with Crippen LogP contribution in [0, 0.1) is 19.8 Å². The van der Waals surface area contributed by atoms with Crippen LogP contribution in [-0.2, 0) is 5.54 Å². The molecule has 0 saturated carbocycles. The first-order valence-electron chi connectivity index (χ1n) is 5.69. The predicted molar refractivity (Wildman–Crippen MR) is 66.9 cm³/mol. The van der Waals surface area contributed by atoms with Crippen LogP contribution in [0.1, 0.15) is 43.9 Å². The predicted octanol–water partition coefficient (Wildman–Crippen LogP) is 3.52. The van der Waals surface area contributed by atoms with E-state index in [0.717, 1.165) is 6.42 Å². The zero-order chi connectivity index (χ0) is 11.6. The lowest BCUT2D eigenvalue weighted by atomic mass is 9.82. The summed E-state index contributed by atoms with van der Waals surface area (Å²) in [6.45, 7) is 10.8. The molecule has 0 bridgehead atoms. The van der Waals surface area contributed by atoms with E-state index in [1.54, 1.807) is 0 Å². The van der Waals surface area contributed by atoms with E-state index in [2.05, 4.69) is 52.8 Å². The fourth-order valence-electron chi connectivity index (χ4n) is 2.31. The molecular formula is C14H23N. The Kier molecular flexibility index (Phi) is 3.56. The quantitative estimate of drug-likeness (QED) is 0.802. The van der Waals surface area contributed by atoms with Gasteiger partial charge in [0, 0.05) is 5.54 Å². The molecule has 0 spiro atoms. The normalized spacial score (nSPS) is 15.4. The molecule has 0 aliphatic carbocycles. The maximum atomic E-state index is 6.41. The van der Waals surface area contributed by atoms with E-state index >= 15 is 0 Å². The summed E-state index contributed by atoms with van der Waals surface area (Å²) in [7, 11) is 0.